The maximum absolute atomic E-state index is 12.2. The Morgan fingerprint density at radius 3 is 2.77 bits per heavy atom. The molecule has 1 saturated heterocycles. The van der Waals surface area contributed by atoms with E-state index in [9.17, 15) is 4.79 Å². The number of rotatable bonds is 6. The second-order valence-corrected chi connectivity index (χ2v) is 6.34. The van der Waals surface area contributed by atoms with Gasteiger partial charge in [-0.05, 0) is 43.7 Å². The van der Waals surface area contributed by atoms with E-state index in [0.29, 0.717) is 18.9 Å². The van der Waals surface area contributed by atoms with Crippen LogP contribution in [0.25, 0.3) is 0 Å². The molecule has 0 spiro atoms. The number of hydrogen-bond donors (Lipinski definition) is 1. The Morgan fingerprint density at radius 2 is 2.00 bits per heavy atom. The quantitative estimate of drug-likeness (QED) is 0.870. The zero-order valence-electron chi connectivity index (χ0n) is 13.1. The van der Waals surface area contributed by atoms with Crippen molar-refractivity contribution in [3.05, 3.63) is 24.3 Å². The second-order valence-electron chi connectivity index (χ2n) is 6.34. The molecule has 1 heterocycles. The Morgan fingerprint density at radius 1 is 1.18 bits per heavy atom. The number of hydrogen-bond acceptors (Lipinski definition) is 3. The van der Waals surface area contributed by atoms with E-state index in [4.69, 9.17) is 9.47 Å². The number of carbonyl (C=O) groups excluding carboxylic acids is 1. The van der Waals surface area contributed by atoms with Crippen LogP contribution >= 0.6 is 0 Å². The van der Waals surface area contributed by atoms with Crippen molar-refractivity contribution in [2.24, 2.45) is 5.92 Å². The molecule has 22 heavy (non-hydrogen) atoms. The van der Waals surface area contributed by atoms with Gasteiger partial charge in [-0.15, -0.1) is 0 Å². The van der Waals surface area contributed by atoms with Gasteiger partial charge >= 0.3 is 0 Å². The molecule has 0 radical (unpaired) electrons. The van der Waals surface area contributed by atoms with E-state index in [1.54, 1.807) is 0 Å². The molecule has 2 aliphatic rings. The molecule has 1 saturated carbocycles. The van der Waals surface area contributed by atoms with E-state index in [-0.39, 0.29) is 12.0 Å². The molecule has 3 rings (SSSR count). The highest BCUT2D eigenvalue weighted by molar-refractivity contribution is 5.92. The van der Waals surface area contributed by atoms with Gasteiger partial charge in [-0.2, -0.15) is 0 Å². The highest BCUT2D eigenvalue weighted by atomic mass is 16.5. The molecule has 1 aliphatic carbocycles. The van der Waals surface area contributed by atoms with Crippen molar-refractivity contribution in [1.82, 2.24) is 0 Å². The van der Waals surface area contributed by atoms with Crippen molar-refractivity contribution in [2.75, 3.05) is 18.5 Å². The van der Waals surface area contributed by atoms with Gasteiger partial charge < -0.3 is 14.8 Å². The van der Waals surface area contributed by atoms with Crippen LogP contribution in [0, 0.1) is 5.92 Å². The molecule has 2 fully saturated rings. The summed E-state index contributed by atoms with van der Waals surface area (Å²) in [6.45, 7) is 1.38. The third-order valence-corrected chi connectivity index (χ3v) is 4.56. The number of anilines is 1. The van der Waals surface area contributed by atoms with Crippen molar-refractivity contribution in [3.63, 3.8) is 0 Å². The molecule has 0 unspecified atom stereocenters. The van der Waals surface area contributed by atoms with Crippen LogP contribution < -0.4 is 10.1 Å². The lowest BCUT2D eigenvalue weighted by Gasteiger charge is -2.16. The fourth-order valence-corrected chi connectivity index (χ4v) is 3.33. The smallest absolute Gasteiger partial charge is 0.224 e. The number of nitrogens with one attached hydrogen (secondary N) is 1. The van der Waals surface area contributed by atoms with Crippen LogP contribution in [0.2, 0.25) is 0 Å². The Hall–Kier alpha value is -1.55. The molecule has 120 valence electrons. The molecule has 1 aromatic carbocycles. The molecule has 1 aromatic rings. The average Bonchev–Trinajstić information content (AvgIpc) is 3.19. The van der Waals surface area contributed by atoms with Crippen LogP contribution in [0.3, 0.4) is 0 Å². The minimum Gasteiger partial charge on any atom is -0.489 e. The molecule has 0 aromatic heterocycles. The molecule has 1 aliphatic heterocycles. The fraction of sp³-hybridized carbons (Fsp3) is 0.611. The standard InChI is InChI=1S/C18H25NO3/c20-18(12-14-6-1-2-7-14)19-16-9-3-4-10-17(16)22-13-15-8-5-11-21-15/h3-4,9-10,14-15H,1-2,5-8,11-13H2,(H,19,20)/t15-/m0/s1. The summed E-state index contributed by atoms with van der Waals surface area (Å²) in [5.74, 6) is 1.39. The number of benzene rings is 1. The lowest BCUT2D eigenvalue weighted by atomic mass is 10.0. The van der Waals surface area contributed by atoms with Gasteiger partial charge in [0.25, 0.3) is 0 Å². The van der Waals surface area contributed by atoms with Gasteiger partial charge in [0.15, 0.2) is 0 Å². The molecular weight excluding hydrogens is 278 g/mol. The zero-order valence-corrected chi connectivity index (χ0v) is 13.1. The minimum absolute atomic E-state index is 0.0973. The van der Waals surface area contributed by atoms with Gasteiger partial charge in [0, 0.05) is 13.0 Å². The summed E-state index contributed by atoms with van der Waals surface area (Å²) >= 11 is 0. The van der Waals surface area contributed by atoms with Gasteiger partial charge in [0.05, 0.1) is 11.8 Å². The van der Waals surface area contributed by atoms with Crippen molar-refractivity contribution >= 4 is 11.6 Å². The molecule has 1 atom stereocenters. The van der Waals surface area contributed by atoms with Crippen LogP contribution in [0.5, 0.6) is 5.75 Å². The average molecular weight is 303 g/mol. The van der Waals surface area contributed by atoms with Gasteiger partial charge in [0.1, 0.15) is 12.4 Å². The van der Waals surface area contributed by atoms with Crippen molar-refractivity contribution in [2.45, 2.75) is 51.0 Å². The van der Waals surface area contributed by atoms with Crippen LogP contribution in [0.4, 0.5) is 5.69 Å². The number of ether oxygens (including phenoxy) is 2. The Kier molecular flexibility index (Phi) is 5.33. The zero-order chi connectivity index (χ0) is 15.2. The second kappa shape index (κ2) is 7.63. The fourth-order valence-electron chi connectivity index (χ4n) is 3.33. The van der Waals surface area contributed by atoms with E-state index in [0.717, 1.165) is 30.9 Å². The maximum atomic E-state index is 12.2. The van der Waals surface area contributed by atoms with E-state index in [1.807, 2.05) is 24.3 Å². The van der Waals surface area contributed by atoms with E-state index in [2.05, 4.69) is 5.32 Å². The summed E-state index contributed by atoms with van der Waals surface area (Å²) in [6.07, 6.45) is 7.86. The predicted octanol–water partition coefficient (Wildman–Crippen LogP) is 3.76. The van der Waals surface area contributed by atoms with Crippen molar-refractivity contribution in [3.8, 4) is 5.75 Å². The SMILES string of the molecule is O=C(CC1CCCC1)Nc1ccccc1OC[C@@H]1CCCO1. The summed E-state index contributed by atoms with van der Waals surface area (Å²) < 4.78 is 11.4. The van der Waals surface area contributed by atoms with Gasteiger partial charge in [0.2, 0.25) is 5.91 Å². The number of carbonyl (C=O) groups is 1. The first-order valence-electron chi connectivity index (χ1n) is 8.44. The van der Waals surface area contributed by atoms with Gasteiger partial charge in [-0.3, -0.25) is 4.79 Å². The summed E-state index contributed by atoms with van der Waals surface area (Å²) in [5.41, 5.74) is 0.767. The van der Waals surface area contributed by atoms with Crippen molar-refractivity contribution < 1.29 is 14.3 Å². The Bertz CT molecular complexity index is 491. The highest BCUT2D eigenvalue weighted by Crippen LogP contribution is 2.29. The summed E-state index contributed by atoms with van der Waals surface area (Å²) in [6, 6.07) is 7.65. The Labute approximate surface area is 132 Å². The first-order valence-corrected chi connectivity index (χ1v) is 8.44. The lowest BCUT2D eigenvalue weighted by molar-refractivity contribution is -0.117. The van der Waals surface area contributed by atoms with Crippen molar-refractivity contribution in [1.29, 1.82) is 0 Å². The maximum Gasteiger partial charge on any atom is 0.224 e. The van der Waals surface area contributed by atoms with Crippen LogP contribution in [0.1, 0.15) is 44.9 Å². The highest BCUT2D eigenvalue weighted by Gasteiger charge is 2.20. The lowest BCUT2D eigenvalue weighted by Crippen LogP contribution is -2.19. The first-order chi connectivity index (χ1) is 10.8. The minimum atomic E-state index is 0.0973. The summed E-state index contributed by atoms with van der Waals surface area (Å²) in [4.78, 5) is 12.2. The molecule has 1 N–H and O–H groups in total. The monoisotopic (exact) mass is 303 g/mol. The van der Waals surface area contributed by atoms with Gasteiger partial charge in [-0.1, -0.05) is 25.0 Å². The largest absolute Gasteiger partial charge is 0.489 e. The number of para-hydroxylation sites is 2. The van der Waals surface area contributed by atoms with E-state index in [1.165, 1.54) is 25.7 Å². The summed E-state index contributed by atoms with van der Waals surface area (Å²) in [7, 11) is 0. The van der Waals surface area contributed by atoms with Crippen LogP contribution in [-0.2, 0) is 9.53 Å². The molecule has 4 nitrogen and oxygen atoms in total. The Balaban J connectivity index is 1.54. The topological polar surface area (TPSA) is 47.6 Å². The third kappa shape index (κ3) is 4.23. The molecule has 4 heteroatoms. The normalized spacial score (nSPS) is 21.9. The third-order valence-electron chi connectivity index (χ3n) is 4.56. The van der Waals surface area contributed by atoms with Crippen LogP contribution in [0.15, 0.2) is 24.3 Å². The first kappa shape index (κ1) is 15.3. The van der Waals surface area contributed by atoms with Crippen LogP contribution in [-0.4, -0.2) is 25.2 Å². The summed E-state index contributed by atoms with van der Waals surface area (Å²) in [5, 5.41) is 3.01. The predicted molar refractivity (Wildman–Crippen MR) is 86.1 cm³/mol. The van der Waals surface area contributed by atoms with Gasteiger partial charge in [-0.25, -0.2) is 0 Å². The van der Waals surface area contributed by atoms with E-state index >= 15 is 0 Å². The molecule has 0 bridgehead atoms. The van der Waals surface area contributed by atoms with E-state index < -0.39 is 0 Å². The molecular formula is C18H25NO3. The molecule has 1 amide bonds. The number of amides is 1.